The molecule has 0 spiro atoms. The maximum absolute atomic E-state index is 12.5. The average Bonchev–Trinajstić information content (AvgIpc) is 3.26. The number of nitrogens with zero attached hydrogens (tertiary/aromatic N) is 2. The molecule has 0 bridgehead atoms. The first-order chi connectivity index (χ1) is 13.7. The number of carbonyl (C=O) groups is 4. The summed E-state index contributed by atoms with van der Waals surface area (Å²) in [4.78, 5) is 51.3. The fourth-order valence-electron chi connectivity index (χ4n) is 3.08. The standard InChI is InChI=1S/C19H19BrN4O4S/c1-10-7-12(3-4-13(10)18(27)23(2)19(21)28)24-9-11(8-16(24)25)22-17(26)14-5-6-15(20)29-14/h3-7,11H,8-9H2,1-2H3,(H2,21,28)(H,22,26). The molecule has 29 heavy (non-hydrogen) atoms. The second-order valence-corrected chi connectivity index (χ2v) is 9.15. The lowest BCUT2D eigenvalue weighted by molar-refractivity contribution is -0.117. The number of hydrogen-bond donors (Lipinski definition) is 2. The monoisotopic (exact) mass is 478 g/mol. The molecule has 2 heterocycles. The summed E-state index contributed by atoms with van der Waals surface area (Å²) in [6.07, 6.45) is 0.197. The molecule has 0 radical (unpaired) electrons. The van der Waals surface area contributed by atoms with Crippen LogP contribution in [0.25, 0.3) is 0 Å². The van der Waals surface area contributed by atoms with E-state index in [4.69, 9.17) is 5.73 Å². The highest BCUT2D eigenvalue weighted by molar-refractivity contribution is 9.11. The maximum atomic E-state index is 12.5. The Kier molecular flexibility index (Phi) is 6.04. The zero-order valence-electron chi connectivity index (χ0n) is 15.8. The summed E-state index contributed by atoms with van der Waals surface area (Å²) in [6.45, 7) is 2.06. The minimum Gasteiger partial charge on any atom is -0.351 e. The molecular formula is C19H19BrN4O4S. The van der Waals surface area contributed by atoms with Crippen LogP contribution in [-0.2, 0) is 4.79 Å². The van der Waals surface area contributed by atoms with Crippen LogP contribution >= 0.6 is 27.3 Å². The minimum atomic E-state index is -0.843. The highest BCUT2D eigenvalue weighted by atomic mass is 79.9. The van der Waals surface area contributed by atoms with Crippen LogP contribution in [0.3, 0.4) is 0 Å². The molecule has 1 atom stereocenters. The number of nitrogens with one attached hydrogen (secondary N) is 1. The first-order valence-electron chi connectivity index (χ1n) is 8.72. The number of primary amides is 1. The van der Waals surface area contributed by atoms with E-state index < -0.39 is 11.9 Å². The van der Waals surface area contributed by atoms with Gasteiger partial charge in [0.05, 0.1) is 14.7 Å². The Morgan fingerprint density at radius 3 is 2.59 bits per heavy atom. The predicted molar refractivity (Wildman–Crippen MR) is 113 cm³/mol. The van der Waals surface area contributed by atoms with Gasteiger partial charge in [-0.3, -0.25) is 19.3 Å². The second kappa shape index (κ2) is 8.34. The van der Waals surface area contributed by atoms with Gasteiger partial charge in [-0.2, -0.15) is 0 Å². The molecule has 1 saturated heterocycles. The molecule has 0 saturated carbocycles. The number of anilines is 1. The Morgan fingerprint density at radius 2 is 2.00 bits per heavy atom. The average molecular weight is 479 g/mol. The van der Waals surface area contributed by atoms with E-state index in [0.717, 1.165) is 8.69 Å². The van der Waals surface area contributed by atoms with Gasteiger partial charge in [-0.1, -0.05) is 0 Å². The summed E-state index contributed by atoms with van der Waals surface area (Å²) in [5, 5.41) is 2.89. The molecule has 0 aliphatic carbocycles. The smallest absolute Gasteiger partial charge is 0.321 e. The van der Waals surface area contributed by atoms with Gasteiger partial charge in [0.15, 0.2) is 0 Å². The number of amides is 5. The van der Waals surface area contributed by atoms with Gasteiger partial charge in [0.1, 0.15) is 0 Å². The van der Waals surface area contributed by atoms with E-state index in [1.807, 2.05) is 0 Å². The maximum Gasteiger partial charge on any atom is 0.321 e. The zero-order valence-corrected chi connectivity index (χ0v) is 18.2. The molecule has 3 rings (SSSR count). The van der Waals surface area contributed by atoms with Crippen molar-refractivity contribution in [2.75, 3.05) is 18.5 Å². The molecule has 1 aromatic carbocycles. The van der Waals surface area contributed by atoms with Gasteiger partial charge >= 0.3 is 6.03 Å². The van der Waals surface area contributed by atoms with E-state index in [2.05, 4.69) is 21.2 Å². The highest BCUT2D eigenvalue weighted by Crippen LogP contribution is 2.26. The Labute approximate surface area is 179 Å². The SMILES string of the molecule is Cc1cc(N2CC(NC(=O)c3ccc(Br)s3)CC2=O)ccc1C(=O)N(C)C(N)=O. The van der Waals surface area contributed by atoms with Crippen molar-refractivity contribution in [3.8, 4) is 0 Å². The predicted octanol–water partition coefficient (Wildman–Crippen LogP) is 2.51. The molecule has 1 unspecified atom stereocenters. The van der Waals surface area contributed by atoms with Crippen LogP contribution in [-0.4, -0.2) is 48.3 Å². The first kappa shape index (κ1) is 21.0. The number of halogens is 1. The van der Waals surface area contributed by atoms with Crippen LogP contribution in [0.5, 0.6) is 0 Å². The number of urea groups is 1. The molecule has 5 amide bonds. The Morgan fingerprint density at radius 1 is 1.28 bits per heavy atom. The molecule has 1 aliphatic rings. The summed E-state index contributed by atoms with van der Waals surface area (Å²) in [5.41, 5.74) is 6.72. The number of hydrogen-bond acceptors (Lipinski definition) is 5. The number of carbonyl (C=O) groups excluding carboxylic acids is 4. The van der Waals surface area contributed by atoms with Gasteiger partial charge in [-0.15, -0.1) is 11.3 Å². The highest BCUT2D eigenvalue weighted by Gasteiger charge is 2.32. The molecular weight excluding hydrogens is 460 g/mol. The van der Waals surface area contributed by atoms with Crippen LogP contribution < -0.4 is 16.0 Å². The van der Waals surface area contributed by atoms with Crippen molar-refractivity contribution in [3.05, 3.63) is 50.1 Å². The van der Waals surface area contributed by atoms with Crippen molar-refractivity contribution in [1.29, 1.82) is 0 Å². The number of benzene rings is 1. The Balaban J connectivity index is 1.71. The summed E-state index contributed by atoms with van der Waals surface area (Å²) in [6, 6.07) is 7.29. The van der Waals surface area contributed by atoms with Crippen LogP contribution in [0.2, 0.25) is 0 Å². The lowest BCUT2D eigenvalue weighted by Crippen LogP contribution is -2.37. The van der Waals surface area contributed by atoms with Gasteiger partial charge in [-0.05, 0) is 58.7 Å². The number of thiophene rings is 1. The van der Waals surface area contributed by atoms with E-state index in [0.29, 0.717) is 28.2 Å². The van der Waals surface area contributed by atoms with E-state index in [1.54, 1.807) is 42.2 Å². The molecule has 152 valence electrons. The Hall–Kier alpha value is -2.72. The second-order valence-electron chi connectivity index (χ2n) is 6.68. The summed E-state index contributed by atoms with van der Waals surface area (Å²) in [5.74, 6) is -0.844. The van der Waals surface area contributed by atoms with Crippen molar-refractivity contribution >= 4 is 56.7 Å². The van der Waals surface area contributed by atoms with Crippen LogP contribution in [0, 0.1) is 6.92 Å². The largest absolute Gasteiger partial charge is 0.351 e. The summed E-state index contributed by atoms with van der Waals surface area (Å²) in [7, 11) is 1.31. The van der Waals surface area contributed by atoms with Gasteiger partial charge < -0.3 is 16.0 Å². The van der Waals surface area contributed by atoms with Crippen LogP contribution in [0.4, 0.5) is 10.5 Å². The lowest BCUT2D eigenvalue weighted by Gasteiger charge is -2.19. The van der Waals surface area contributed by atoms with Crippen molar-refractivity contribution in [1.82, 2.24) is 10.2 Å². The molecule has 1 fully saturated rings. The molecule has 10 heteroatoms. The zero-order chi connectivity index (χ0) is 21.3. The third-order valence-corrected chi connectivity index (χ3v) is 6.27. The first-order valence-corrected chi connectivity index (χ1v) is 10.3. The molecule has 3 N–H and O–H groups in total. The summed E-state index contributed by atoms with van der Waals surface area (Å²) < 4.78 is 0.860. The molecule has 1 aliphatic heterocycles. The van der Waals surface area contributed by atoms with Crippen molar-refractivity contribution in [3.63, 3.8) is 0 Å². The third-order valence-electron chi connectivity index (χ3n) is 4.64. The van der Waals surface area contributed by atoms with Crippen molar-refractivity contribution in [2.24, 2.45) is 5.73 Å². The number of aryl methyl sites for hydroxylation is 1. The fourth-order valence-corrected chi connectivity index (χ4v) is 4.37. The molecule has 1 aromatic heterocycles. The van der Waals surface area contributed by atoms with E-state index >= 15 is 0 Å². The number of imide groups is 1. The quantitative estimate of drug-likeness (QED) is 0.702. The lowest BCUT2D eigenvalue weighted by atomic mass is 10.1. The topological polar surface area (TPSA) is 113 Å². The van der Waals surface area contributed by atoms with Gasteiger partial charge in [0, 0.05) is 31.3 Å². The molecule has 2 aromatic rings. The van der Waals surface area contributed by atoms with Crippen LogP contribution in [0.15, 0.2) is 34.1 Å². The van der Waals surface area contributed by atoms with Crippen molar-refractivity contribution < 1.29 is 19.2 Å². The Bertz CT molecular complexity index is 1010. The van der Waals surface area contributed by atoms with E-state index in [9.17, 15) is 19.2 Å². The number of rotatable bonds is 4. The van der Waals surface area contributed by atoms with E-state index in [1.165, 1.54) is 18.4 Å². The van der Waals surface area contributed by atoms with E-state index in [-0.39, 0.29) is 24.3 Å². The number of nitrogens with two attached hydrogens (primary N) is 1. The van der Waals surface area contributed by atoms with Gasteiger partial charge in [0.25, 0.3) is 11.8 Å². The van der Waals surface area contributed by atoms with Crippen LogP contribution in [0.1, 0.15) is 32.0 Å². The molecule has 8 nitrogen and oxygen atoms in total. The summed E-state index contributed by atoms with van der Waals surface area (Å²) >= 11 is 4.65. The third kappa shape index (κ3) is 4.48. The van der Waals surface area contributed by atoms with Gasteiger partial charge in [0.2, 0.25) is 5.91 Å². The fraction of sp³-hybridized carbons (Fsp3) is 0.263. The van der Waals surface area contributed by atoms with Gasteiger partial charge in [-0.25, -0.2) is 4.79 Å². The van der Waals surface area contributed by atoms with Crippen molar-refractivity contribution in [2.45, 2.75) is 19.4 Å². The minimum absolute atomic E-state index is 0.115. The normalized spacial score (nSPS) is 16.0.